The van der Waals surface area contributed by atoms with Gasteiger partial charge in [-0.1, -0.05) is 57.2 Å². The number of hydrogen-bond donors (Lipinski definition) is 1. The molecule has 1 N–H and O–H groups in total. The molecule has 0 saturated carbocycles. The molecular formula is C23H24N4O2S. The lowest BCUT2D eigenvalue weighted by atomic mass is 9.92. The molecule has 30 heavy (non-hydrogen) atoms. The molecule has 0 unspecified atom stereocenters. The van der Waals surface area contributed by atoms with Crippen molar-refractivity contribution in [3.05, 3.63) is 78.2 Å². The van der Waals surface area contributed by atoms with Crippen LogP contribution in [-0.4, -0.2) is 23.2 Å². The Morgan fingerprint density at radius 3 is 2.33 bits per heavy atom. The van der Waals surface area contributed by atoms with Crippen LogP contribution in [0.3, 0.4) is 0 Å². The molecule has 0 atom stereocenters. The molecule has 0 saturated heterocycles. The summed E-state index contributed by atoms with van der Waals surface area (Å²) in [6.07, 6.45) is 1.58. The van der Waals surface area contributed by atoms with Gasteiger partial charge in [-0.15, -0.1) is 0 Å². The molecule has 7 heteroatoms. The summed E-state index contributed by atoms with van der Waals surface area (Å²) >= 11 is 0. The SMILES string of the molecule is Cc1cc(NS(=O)(=O)c2cn(-c3ccccc3)nc2C(C)(C)C)c2ccccc2n1. The number of nitrogens with one attached hydrogen (secondary N) is 1. The van der Waals surface area contributed by atoms with Gasteiger partial charge in [0.25, 0.3) is 10.0 Å². The van der Waals surface area contributed by atoms with Gasteiger partial charge in [0.15, 0.2) is 0 Å². The van der Waals surface area contributed by atoms with Crippen LogP contribution < -0.4 is 4.72 Å². The molecule has 2 heterocycles. The average Bonchev–Trinajstić information content (AvgIpc) is 3.15. The molecule has 4 rings (SSSR count). The minimum Gasteiger partial charge on any atom is -0.279 e. The Kier molecular flexibility index (Phi) is 4.86. The first-order valence-corrected chi connectivity index (χ1v) is 11.2. The van der Waals surface area contributed by atoms with Crippen LogP contribution in [0, 0.1) is 6.92 Å². The zero-order valence-electron chi connectivity index (χ0n) is 17.4. The third kappa shape index (κ3) is 3.80. The highest BCUT2D eigenvalue weighted by Crippen LogP contribution is 2.31. The van der Waals surface area contributed by atoms with E-state index in [0.717, 1.165) is 22.3 Å². The van der Waals surface area contributed by atoms with Crippen molar-refractivity contribution >= 4 is 26.6 Å². The Hall–Kier alpha value is -3.19. The van der Waals surface area contributed by atoms with Crippen LogP contribution in [0.25, 0.3) is 16.6 Å². The molecule has 0 aliphatic heterocycles. The van der Waals surface area contributed by atoms with Crippen LogP contribution in [-0.2, 0) is 15.4 Å². The van der Waals surface area contributed by atoms with E-state index in [9.17, 15) is 8.42 Å². The van der Waals surface area contributed by atoms with Crippen molar-refractivity contribution in [2.45, 2.75) is 38.0 Å². The fourth-order valence-electron chi connectivity index (χ4n) is 3.38. The molecule has 154 valence electrons. The van der Waals surface area contributed by atoms with Crippen LogP contribution in [0.4, 0.5) is 5.69 Å². The number of anilines is 1. The van der Waals surface area contributed by atoms with Crippen molar-refractivity contribution in [3.63, 3.8) is 0 Å². The van der Waals surface area contributed by atoms with Crippen LogP contribution >= 0.6 is 0 Å². The van der Waals surface area contributed by atoms with Crippen molar-refractivity contribution in [1.29, 1.82) is 0 Å². The molecule has 0 bridgehead atoms. The second-order valence-corrected chi connectivity index (χ2v) is 9.96. The molecule has 0 amide bonds. The number of benzene rings is 2. The predicted octanol–water partition coefficient (Wildman–Crippen LogP) is 4.83. The number of sulfonamides is 1. The number of para-hydroxylation sites is 2. The summed E-state index contributed by atoms with van der Waals surface area (Å²) in [5, 5.41) is 5.37. The summed E-state index contributed by atoms with van der Waals surface area (Å²) in [5.41, 5.74) is 2.84. The minimum atomic E-state index is -3.88. The molecular weight excluding hydrogens is 396 g/mol. The normalized spacial score (nSPS) is 12.3. The summed E-state index contributed by atoms with van der Waals surface area (Å²) in [6.45, 7) is 7.71. The van der Waals surface area contributed by atoms with Crippen LogP contribution in [0.15, 0.2) is 71.8 Å². The first kappa shape index (κ1) is 20.1. The second kappa shape index (κ2) is 7.25. The van der Waals surface area contributed by atoms with E-state index in [-0.39, 0.29) is 4.90 Å². The van der Waals surface area contributed by atoms with Gasteiger partial charge >= 0.3 is 0 Å². The van der Waals surface area contributed by atoms with E-state index in [1.807, 2.05) is 82.3 Å². The fourth-order valence-corrected chi connectivity index (χ4v) is 4.79. The fraction of sp³-hybridized carbons (Fsp3) is 0.217. The number of aryl methyl sites for hydroxylation is 1. The average molecular weight is 421 g/mol. The van der Waals surface area contributed by atoms with Crippen molar-refractivity contribution in [1.82, 2.24) is 14.8 Å². The lowest BCUT2D eigenvalue weighted by Crippen LogP contribution is -2.20. The lowest BCUT2D eigenvalue weighted by Gasteiger charge is -2.18. The number of nitrogens with zero attached hydrogens (tertiary/aromatic N) is 3. The Morgan fingerprint density at radius 2 is 1.63 bits per heavy atom. The Morgan fingerprint density at radius 1 is 0.967 bits per heavy atom. The van der Waals surface area contributed by atoms with E-state index < -0.39 is 15.4 Å². The minimum absolute atomic E-state index is 0.164. The van der Waals surface area contributed by atoms with Gasteiger partial charge in [0.2, 0.25) is 0 Å². The van der Waals surface area contributed by atoms with Gasteiger partial charge in [0, 0.05) is 16.5 Å². The van der Waals surface area contributed by atoms with E-state index in [1.54, 1.807) is 16.9 Å². The Labute approximate surface area is 176 Å². The van der Waals surface area contributed by atoms with E-state index >= 15 is 0 Å². The van der Waals surface area contributed by atoms with Crippen LogP contribution in [0.1, 0.15) is 32.2 Å². The van der Waals surface area contributed by atoms with Gasteiger partial charge in [0.1, 0.15) is 4.90 Å². The van der Waals surface area contributed by atoms with E-state index in [0.29, 0.717) is 11.4 Å². The number of aromatic nitrogens is 3. The van der Waals surface area contributed by atoms with E-state index in [2.05, 4.69) is 14.8 Å². The van der Waals surface area contributed by atoms with Crippen molar-refractivity contribution < 1.29 is 8.42 Å². The lowest BCUT2D eigenvalue weighted by molar-refractivity contribution is 0.543. The summed E-state index contributed by atoms with van der Waals surface area (Å²) in [4.78, 5) is 4.65. The van der Waals surface area contributed by atoms with Crippen molar-refractivity contribution in [3.8, 4) is 5.69 Å². The molecule has 2 aromatic heterocycles. The number of fused-ring (bicyclic) bond motifs is 1. The largest absolute Gasteiger partial charge is 0.279 e. The maximum Gasteiger partial charge on any atom is 0.265 e. The van der Waals surface area contributed by atoms with Gasteiger partial charge in [-0.25, -0.2) is 13.1 Å². The topological polar surface area (TPSA) is 76.9 Å². The maximum absolute atomic E-state index is 13.5. The third-order valence-corrected chi connectivity index (χ3v) is 6.16. The third-order valence-electron chi connectivity index (χ3n) is 4.79. The highest BCUT2D eigenvalue weighted by Gasteiger charge is 2.30. The molecule has 0 aliphatic rings. The Bertz CT molecular complexity index is 1320. The zero-order valence-corrected chi connectivity index (χ0v) is 18.2. The first-order valence-electron chi connectivity index (χ1n) is 9.70. The zero-order chi connectivity index (χ0) is 21.5. The van der Waals surface area contributed by atoms with Gasteiger partial charge in [-0.2, -0.15) is 5.10 Å². The van der Waals surface area contributed by atoms with Crippen molar-refractivity contribution in [2.75, 3.05) is 4.72 Å². The quantitative estimate of drug-likeness (QED) is 0.513. The predicted molar refractivity (Wildman–Crippen MR) is 120 cm³/mol. The first-order chi connectivity index (χ1) is 14.1. The molecule has 6 nitrogen and oxygen atoms in total. The summed E-state index contributed by atoms with van der Waals surface area (Å²) < 4.78 is 31.4. The van der Waals surface area contributed by atoms with Crippen LogP contribution in [0.5, 0.6) is 0 Å². The number of pyridine rings is 1. The maximum atomic E-state index is 13.5. The van der Waals surface area contributed by atoms with Gasteiger partial charge in [0.05, 0.1) is 28.8 Å². The Balaban J connectivity index is 1.85. The summed E-state index contributed by atoms with van der Waals surface area (Å²) in [6, 6.07) is 18.7. The highest BCUT2D eigenvalue weighted by molar-refractivity contribution is 7.92. The summed E-state index contributed by atoms with van der Waals surface area (Å²) in [5.74, 6) is 0. The molecule has 2 aromatic carbocycles. The standard InChI is InChI=1S/C23H24N4O2S/c1-16-14-20(18-12-8-9-13-19(18)24-16)26-30(28,29)21-15-27(17-10-6-5-7-11-17)25-22(21)23(2,3)4/h5-15H,1-4H3,(H,24,26). The van der Waals surface area contributed by atoms with Gasteiger partial charge in [-0.3, -0.25) is 9.71 Å². The number of hydrogen-bond acceptors (Lipinski definition) is 4. The smallest absolute Gasteiger partial charge is 0.265 e. The van der Waals surface area contributed by atoms with E-state index in [1.165, 1.54) is 0 Å². The molecule has 0 radical (unpaired) electrons. The second-order valence-electron chi connectivity index (χ2n) is 8.31. The molecule has 0 aliphatic carbocycles. The number of rotatable bonds is 4. The highest BCUT2D eigenvalue weighted by atomic mass is 32.2. The molecule has 4 aromatic rings. The molecule has 0 fully saturated rings. The van der Waals surface area contributed by atoms with Gasteiger partial charge in [-0.05, 0) is 31.2 Å². The van der Waals surface area contributed by atoms with Crippen molar-refractivity contribution in [2.24, 2.45) is 0 Å². The molecule has 0 spiro atoms. The van der Waals surface area contributed by atoms with E-state index in [4.69, 9.17) is 0 Å². The monoisotopic (exact) mass is 420 g/mol. The van der Waals surface area contributed by atoms with Gasteiger partial charge < -0.3 is 0 Å². The summed E-state index contributed by atoms with van der Waals surface area (Å²) in [7, 11) is -3.88. The van der Waals surface area contributed by atoms with Crippen LogP contribution in [0.2, 0.25) is 0 Å².